The third-order valence-corrected chi connectivity index (χ3v) is 1.97. The van der Waals surface area contributed by atoms with Gasteiger partial charge in [-0.25, -0.2) is 4.57 Å². The zero-order valence-electron chi connectivity index (χ0n) is 7.31. The van der Waals surface area contributed by atoms with Gasteiger partial charge in [0.25, 0.3) is 0 Å². The fourth-order valence-corrected chi connectivity index (χ4v) is 1.44. The quantitative estimate of drug-likeness (QED) is 0.689. The third kappa shape index (κ3) is 5.29. The van der Waals surface area contributed by atoms with Crippen molar-refractivity contribution in [3.8, 4) is 0 Å². The lowest BCUT2D eigenvalue weighted by molar-refractivity contribution is -0.135. The minimum atomic E-state index is -4.17. The van der Waals surface area contributed by atoms with Gasteiger partial charge < -0.3 is 4.52 Å². The molecule has 1 unspecified atom stereocenters. The fraction of sp³-hybridized carbons (Fsp3) is 0.833. The van der Waals surface area contributed by atoms with Crippen LogP contribution in [0.2, 0.25) is 0 Å². The zero-order chi connectivity index (χ0) is 9.78. The Labute approximate surface area is 71.3 Å². The highest BCUT2D eigenvalue weighted by Gasteiger charge is 2.26. The summed E-state index contributed by atoms with van der Waals surface area (Å²) < 4.78 is 19.5. The molecule has 0 aliphatic rings. The summed E-state index contributed by atoms with van der Waals surface area (Å²) >= 11 is 0. The average molecular weight is 196 g/mol. The molecule has 0 aromatic carbocycles. The second kappa shape index (κ2) is 4.60. The summed E-state index contributed by atoms with van der Waals surface area (Å²) in [5, 5.41) is 0. The summed E-state index contributed by atoms with van der Waals surface area (Å²) in [5.41, 5.74) is 0. The maximum absolute atomic E-state index is 10.9. The second-order valence-corrected chi connectivity index (χ2v) is 3.77. The Balaban J connectivity index is 4.04. The maximum Gasteiger partial charge on any atom is 0.529 e. The van der Waals surface area contributed by atoms with Crippen LogP contribution in [0, 0.1) is 0 Å². The normalized spacial score (nSPS) is 15.8. The second-order valence-electron chi connectivity index (χ2n) is 2.44. The van der Waals surface area contributed by atoms with E-state index in [9.17, 15) is 9.36 Å². The van der Waals surface area contributed by atoms with E-state index in [0.29, 0.717) is 0 Å². The molecule has 0 bridgehead atoms. The van der Waals surface area contributed by atoms with E-state index in [0.717, 1.165) is 0 Å². The Morgan fingerprint density at radius 3 is 2.42 bits per heavy atom. The van der Waals surface area contributed by atoms with E-state index in [2.05, 4.69) is 9.05 Å². The largest absolute Gasteiger partial charge is 0.529 e. The third-order valence-electron chi connectivity index (χ3n) is 0.850. The summed E-state index contributed by atoms with van der Waals surface area (Å²) in [7, 11) is -4.17. The SMILES string of the molecule is CCC(=O)OP(=O)(O)OC(C)C. The minimum absolute atomic E-state index is 0.0476. The van der Waals surface area contributed by atoms with Gasteiger partial charge in [0, 0.05) is 6.42 Å². The van der Waals surface area contributed by atoms with Gasteiger partial charge in [0.2, 0.25) is 0 Å². The van der Waals surface area contributed by atoms with Crippen LogP contribution in [0.25, 0.3) is 0 Å². The molecule has 0 aromatic heterocycles. The minimum Gasteiger partial charge on any atom is -0.371 e. The standard InChI is InChI=1S/C6H13O5P/c1-4-6(7)11-12(8,9)10-5(2)3/h5H,4H2,1-3H3,(H,8,9). The van der Waals surface area contributed by atoms with Crippen molar-refractivity contribution in [1.29, 1.82) is 0 Å². The Morgan fingerprint density at radius 1 is 1.58 bits per heavy atom. The molecule has 12 heavy (non-hydrogen) atoms. The number of carbonyl (C=O) groups is 1. The van der Waals surface area contributed by atoms with Crippen LogP contribution >= 0.6 is 7.82 Å². The molecule has 0 amide bonds. The van der Waals surface area contributed by atoms with Crippen molar-refractivity contribution < 1.29 is 23.3 Å². The number of phosphoric acid groups is 1. The molecular formula is C6H13O5P. The van der Waals surface area contributed by atoms with Gasteiger partial charge in [-0.3, -0.25) is 14.2 Å². The first-order chi connectivity index (χ1) is 5.37. The van der Waals surface area contributed by atoms with Gasteiger partial charge in [-0.2, -0.15) is 0 Å². The highest BCUT2D eigenvalue weighted by molar-refractivity contribution is 7.48. The molecule has 1 N–H and O–H groups in total. The first-order valence-electron chi connectivity index (χ1n) is 3.61. The van der Waals surface area contributed by atoms with Crippen LogP contribution in [-0.2, 0) is 18.4 Å². The lowest BCUT2D eigenvalue weighted by Crippen LogP contribution is -2.06. The van der Waals surface area contributed by atoms with Crippen molar-refractivity contribution in [2.45, 2.75) is 33.3 Å². The summed E-state index contributed by atoms with van der Waals surface area (Å²) in [6.07, 6.45) is -0.406. The number of rotatable bonds is 4. The molecule has 0 saturated carbocycles. The molecule has 1 atom stereocenters. The van der Waals surface area contributed by atoms with Crippen LogP contribution in [0.4, 0.5) is 0 Å². The van der Waals surface area contributed by atoms with Crippen LogP contribution in [0.3, 0.4) is 0 Å². The van der Waals surface area contributed by atoms with E-state index in [1.54, 1.807) is 13.8 Å². The average Bonchev–Trinajstić information content (AvgIpc) is 1.83. The van der Waals surface area contributed by atoms with Crippen LogP contribution in [0.15, 0.2) is 0 Å². The molecule has 72 valence electrons. The summed E-state index contributed by atoms with van der Waals surface area (Å²) in [6, 6.07) is 0. The lowest BCUT2D eigenvalue weighted by Gasteiger charge is -2.13. The van der Waals surface area contributed by atoms with E-state index in [1.165, 1.54) is 6.92 Å². The predicted molar refractivity (Wildman–Crippen MR) is 42.4 cm³/mol. The number of phosphoric ester groups is 1. The molecule has 0 rings (SSSR count). The van der Waals surface area contributed by atoms with Crippen molar-refractivity contribution in [3.63, 3.8) is 0 Å². The molecular weight excluding hydrogens is 183 g/mol. The summed E-state index contributed by atoms with van der Waals surface area (Å²) in [5.74, 6) is -0.749. The molecule has 0 heterocycles. The van der Waals surface area contributed by atoms with Gasteiger partial charge in [-0.05, 0) is 13.8 Å². The molecule has 0 spiro atoms. The summed E-state index contributed by atoms with van der Waals surface area (Å²) in [6.45, 7) is 4.67. The van der Waals surface area contributed by atoms with Crippen molar-refractivity contribution in [3.05, 3.63) is 0 Å². The van der Waals surface area contributed by atoms with Gasteiger partial charge in [0.15, 0.2) is 0 Å². The molecule has 0 radical (unpaired) electrons. The molecule has 6 heteroatoms. The van der Waals surface area contributed by atoms with E-state index >= 15 is 0 Å². The molecule has 0 saturated heterocycles. The highest BCUT2D eigenvalue weighted by Crippen LogP contribution is 2.44. The first-order valence-corrected chi connectivity index (χ1v) is 5.10. The molecule has 5 nitrogen and oxygen atoms in total. The van der Waals surface area contributed by atoms with Gasteiger partial charge in [-0.15, -0.1) is 0 Å². The predicted octanol–water partition coefficient (Wildman–Crippen LogP) is 1.46. The zero-order valence-corrected chi connectivity index (χ0v) is 8.21. The number of hydrogen-bond acceptors (Lipinski definition) is 4. The highest BCUT2D eigenvalue weighted by atomic mass is 31.2. The molecule has 0 aliphatic heterocycles. The lowest BCUT2D eigenvalue weighted by atomic mass is 10.5. The van der Waals surface area contributed by atoms with Gasteiger partial charge in [0.1, 0.15) is 0 Å². The van der Waals surface area contributed by atoms with E-state index in [-0.39, 0.29) is 6.42 Å². The Bertz CT molecular complexity index is 200. The van der Waals surface area contributed by atoms with Gasteiger partial charge in [0.05, 0.1) is 6.10 Å². The van der Waals surface area contributed by atoms with Crippen molar-refractivity contribution in [2.75, 3.05) is 0 Å². The Morgan fingerprint density at radius 2 is 2.08 bits per heavy atom. The van der Waals surface area contributed by atoms with Gasteiger partial charge >= 0.3 is 13.8 Å². The maximum atomic E-state index is 10.9. The smallest absolute Gasteiger partial charge is 0.371 e. The van der Waals surface area contributed by atoms with E-state index in [4.69, 9.17) is 4.89 Å². The van der Waals surface area contributed by atoms with Crippen molar-refractivity contribution in [2.24, 2.45) is 0 Å². The number of hydrogen-bond donors (Lipinski definition) is 1. The van der Waals surface area contributed by atoms with Crippen molar-refractivity contribution >= 4 is 13.8 Å². The van der Waals surface area contributed by atoms with Crippen LogP contribution < -0.4 is 0 Å². The molecule has 0 aromatic rings. The summed E-state index contributed by atoms with van der Waals surface area (Å²) in [4.78, 5) is 19.5. The molecule has 0 fully saturated rings. The number of carbonyl (C=O) groups excluding carboxylic acids is 1. The topological polar surface area (TPSA) is 72.8 Å². The first kappa shape index (κ1) is 11.6. The van der Waals surface area contributed by atoms with Crippen LogP contribution in [0.5, 0.6) is 0 Å². The van der Waals surface area contributed by atoms with E-state index in [1.807, 2.05) is 0 Å². The Hall–Kier alpha value is -0.380. The Kier molecular flexibility index (Phi) is 4.45. The monoisotopic (exact) mass is 196 g/mol. The van der Waals surface area contributed by atoms with Gasteiger partial charge in [-0.1, -0.05) is 6.92 Å². The molecule has 0 aliphatic carbocycles. The fourth-order valence-electron chi connectivity index (χ4n) is 0.481. The van der Waals surface area contributed by atoms with Crippen LogP contribution in [-0.4, -0.2) is 17.0 Å². The van der Waals surface area contributed by atoms with Crippen LogP contribution in [0.1, 0.15) is 27.2 Å². The van der Waals surface area contributed by atoms with E-state index < -0.39 is 19.9 Å². The van der Waals surface area contributed by atoms with Crippen molar-refractivity contribution in [1.82, 2.24) is 0 Å².